The molecule has 3 heteroatoms. The molecule has 0 aliphatic heterocycles. The maximum Gasteiger partial charge on any atom is 0.119 e. The highest BCUT2D eigenvalue weighted by Gasteiger charge is 2.19. The van der Waals surface area contributed by atoms with Crippen molar-refractivity contribution in [2.45, 2.75) is 45.1 Å². The van der Waals surface area contributed by atoms with Crippen LogP contribution in [0.15, 0.2) is 28.7 Å². The van der Waals surface area contributed by atoms with Gasteiger partial charge >= 0.3 is 0 Å². The van der Waals surface area contributed by atoms with Gasteiger partial charge in [-0.1, -0.05) is 35.2 Å². The molecule has 1 atom stereocenters. The predicted octanol–water partition coefficient (Wildman–Crippen LogP) is 4.39. The first kappa shape index (κ1) is 14.9. The minimum atomic E-state index is 0.619. The van der Waals surface area contributed by atoms with Gasteiger partial charge in [-0.2, -0.15) is 0 Å². The number of nitrogens with one attached hydrogen (secondary N) is 1. The number of hydrogen-bond donors (Lipinski definition) is 1. The maximum atomic E-state index is 5.72. The Bertz CT molecular complexity index is 360. The first-order valence-corrected chi connectivity index (χ1v) is 8.17. The van der Waals surface area contributed by atoms with Gasteiger partial charge < -0.3 is 10.1 Å². The van der Waals surface area contributed by atoms with Crippen molar-refractivity contribution in [1.82, 2.24) is 5.32 Å². The molecule has 19 heavy (non-hydrogen) atoms. The molecule has 0 bridgehead atoms. The van der Waals surface area contributed by atoms with E-state index in [1.807, 2.05) is 24.3 Å². The lowest BCUT2D eigenvalue weighted by molar-refractivity contribution is 0.256. The second-order valence-electron chi connectivity index (χ2n) is 5.44. The molecule has 0 amide bonds. The van der Waals surface area contributed by atoms with Gasteiger partial charge in [-0.05, 0) is 49.9 Å². The molecular formula is C16H24BrNO. The quantitative estimate of drug-likeness (QED) is 0.783. The summed E-state index contributed by atoms with van der Waals surface area (Å²) in [6.45, 7) is 3.97. The van der Waals surface area contributed by atoms with Gasteiger partial charge in [-0.3, -0.25) is 0 Å². The first-order chi connectivity index (χ1) is 9.25. The highest BCUT2D eigenvalue weighted by Crippen LogP contribution is 2.26. The number of ether oxygens (including phenoxy) is 1. The van der Waals surface area contributed by atoms with E-state index < -0.39 is 0 Å². The third kappa shape index (κ3) is 5.15. The van der Waals surface area contributed by atoms with Crippen molar-refractivity contribution in [3.8, 4) is 5.75 Å². The van der Waals surface area contributed by atoms with Gasteiger partial charge in [0.15, 0.2) is 0 Å². The van der Waals surface area contributed by atoms with Crippen LogP contribution in [0, 0.1) is 5.92 Å². The zero-order chi connectivity index (χ0) is 13.5. The largest absolute Gasteiger partial charge is 0.492 e. The summed E-state index contributed by atoms with van der Waals surface area (Å²) in [5, 5.41) is 3.60. The van der Waals surface area contributed by atoms with E-state index in [1.165, 1.54) is 32.1 Å². The van der Waals surface area contributed by atoms with Crippen LogP contribution in [0.2, 0.25) is 0 Å². The number of hydrogen-bond acceptors (Lipinski definition) is 2. The third-order valence-corrected chi connectivity index (χ3v) is 4.54. The Hall–Kier alpha value is -0.540. The average molecular weight is 326 g/mol. The Morgan fingerprint density at radius 1 is 1.21 bits per heavy atom. The molecule has 1 aromatic carbocycles. The fraction of sp³-hybridized carbons (Fsp3) is 0.625. The van der Waals surface area contributed by atoms with Crippen molar-refractivity contribution < 1.29 is 4.74 Å². The molecule has 0 radical (unpaired) electrons. The summed E-state index contributed by atoms with van der Waals surface area (Å²) in [6, 6.07) is 8.62. The second kappa shape index (κ2) is 7.91. The summed E-state index contributed by atoms with van der Waals surface area (Å²) in [4.78, 5) is 0. The molecule has 2 rings (SSSR count). The number of benzene rings is 1. The Kier molecular flexibility index (Phi) is 6.18. The summed E-state index contributed by atoms with van der Waals surface area (Å²) in [5.41, 5.74) is 0. The van der Waals surface area contributed by atoms with E-state index in [-0.39, 0.29) is 0 Å². The van der Waals surface area contributed by atoms with Crippen LogP contribution >= 0.6 is 15.9 Å². The molecule has 1 fully saturated rings. The topological polar surface area (TPSA) is 21.3 Å². The molecule has 1 aromatic rings. The lowest BCUT2D eigenvalue weighted by atomic mass is 9.84. The van der Waals surface area contributed by atoms with Crippen molar-refractivity contribution in [3.05, 3.63) is 28.7 Å². The fourth-order valence-corrected chi connectivity index (χ4v) is 3.05. The third-order valence-electron chi connectivity index (χ3n) is 4.01. The summed E-state index contributed by atoms with van der Waals surface area (Å²) < 4.78 is 6.80. The van der Waals surface area contributed by atoms with Crippen LogP contribution in [0.1, 0.15) is 39.0 Å². The summed E-state index contributed by atoms with van der Waals surface area (Å²) in [5.74, 6) is 1.80. The standard InChI is InChI=1S/C16H24BrNO/c1-13(14-5-3-2-4-6-14)18-11-12-19-16-9-7-15(17)8-10-16/h7-10,13-14,18H,2-6,11-12H2,1H3. The van der Waals surface area contributed by atoms with Crippen LogP contribution in [0.3, 0.4) is 0 Å². The van der Waals surface area contributed by atoms with Crippen LogP contribution in [0.4, 0.5) is 0 Å². The Morgan fingerprint density at radius 3 is 2.58 bits per heavy atom. The van der Waals surface area contributed by atoms with Crippen LogP contribution in [0.5, 0.6) is 5.75 Å². The van der Waals surface area contributed by atoms with Crippen molar-refractivity contribution in [3.63, 3.8) is 0 Å². The predicted molar refractivity (Wildman–Crippen MR) is 83.7 cm³/mol. The lowest BCUT2D eigenvalue weighted by Gasteiger charge is -2.28. The zero-order valence-electron chi connectivity index (χ0n) is 11.7. The molecule has 0 heterocycles. The monoisotopic (exact) mass is 325 g/mol. The Balaban J connectivity index is 1.62. The molecule has 1 N–H and O–H groups in total. The Labute approximate surface area is 125 Å². The second-order valence-corrected chi connectivity index (χ2v) is 6.36. The lowest BCUT2D eigenvalue weighted by Crippen LogP contribution is -2.37. The molecule has 1 aliphatic carbocycles. The molecule has 1 saturated carbocycles. The molecular weight excluding hydrogens is 302 g/mol. The smallest absolute Gasteiger partial charge is 0.119 e. The maximum absolute atomic E-state index is 5.72. The molecule has 0 aromatic heterocycles. The number of rotatable bonds is 6. The average Bonchev–Trinajstić information content (AvgIpc) is 2.46. The molecule has 2 nitrogen and oxygen atoms in total. The van der Waals surface area contributed by atoms with Crippen LogP contribution in [-0.4, -0.2) is 19.2 Å². The van der Waals surface area contributed by atoms with Gasteiger partial charge in [-0.15, -0.1) is 0 Å². The molecule has 1 unspecified atom stereocenters. The Morgan fingerprint density at radius 2 is 1.89 bits per heavy atom. The first-order valence-electron chi connectivity index (χ1n) is 7.37. The van der Waals surface area contributed by atoms with E-state index in [1.54, 1.807) is 0 Å². The molecule has 106 valence electrons. The summed E-state index contributed by atoms with van der Waals surface area (Å²) >= 11 is 3.42. The van der Waals surface area contributed by atoms with E-state index in [9.17, 15) is 0 Å². The van der Waals surface area contributed by atoms with Gasteiger partial charge in [0, 0.05) is 17.1 Å². The van der Waals surface area contributed by atoms with Gasteiger partial charge in [0.25, 0.3) is 0 Å². The van der Waals surface area contributed by atoms with Gasteiger partial charge in [0.2, 0.25) is 0 Å². The SMILES string of the molecule is CC(NCCOc1ccc(Br)cc1)C1CCCCC1. The van der Waals surface area contributed by atoms with Gasteiger partial charge in [0.05, 0.1) is 0 Å². The van der Waals surface area contributed by atoms with E-state index in [4.69, 9.17) is 4.74 Å². The zero-order valence-corrected chi connectivity index (χ0v) is 13.3. The van der Waals surface area contributed by atoms with E-state index >= 15 is 0 Å². The highest BCUT2D eigenvalue weighted by molar-refractivity contribution is 9.10. The fourth-order valence-electron chi connectivity index (χ4n) is 2.79. The van der Waals surface area contributed by atoms with E-state index in [0.717, 1.165) is 29.3 Å². The van der Waals surface area contributed by atoms with E-state index in [0.29, 0.717) is 6.04 Å². The van der Waals surface area contributed by atoms with Crippen molar-refractivity contribution in [2.75, 3.05) is 13.2 Å². The molecule has 1 aliphatic rings. The van der Waals surface area contributed by atoms with Gasteiger partial charge in [0.1, 0.15) is 12.4 Å². The molecule has 0 saturated heterocycles. The summed E-state index contributed by atoms with van der Waals surface area (Å²) in [6.07, 6.45) is 7.03. The minimum Gasteiger partial charge on any atom is -0.492 e. The van der Waals surface area contributed by atoms with Crippen molar-refractivity contribution >= 4 is 15.9 Å². The van der Waals surface area contributed by atoms with Crippen LogP contribution in [-0.2, 0) is 0 Å². The minimum absolute atomic E-state index is 0.619. The highest BCUT2D eigenvalue weighted by atomic mass is 79.9. The van der Waals surface area contributed by atoms with Crippen LogP contribution < -0.4 is 10.1 Å². The van der Waals surface area contributed by atoms with E-state index in [2.05, 4.69) is 28.2 Å². The van der Waals surface area contributed by atoms with Gasteiger partial charge in [-0.25, -0.2) is 0 Å². The molecule has 0 spiro atoms. The van der Waals surface area contributed by atoms with Crippen LogP contribution in [0.25, 0.3) is 0 Å². The van der Waals surface area contributed by atoms with Crippen molar-refractivity contribution in [2.24, 2.45) is 5.92 Å². The van der Waals surface area contributed by atoms with Crippen molar-refractivity contribution in [1.29, 1.82) is 0 Å². The number of halogens is 1. The summed E-state index contributed by atoms with van der Waals surface area (Å²) in [7, 11) is 0. The normalized spacial score (nSPS) is 18.2.